The average Bonchev–Trinajstić information content (AvgIpc) is 3.41. The maximum atomic E-state index is 13.3. The molecule has 0 aliphatic rings. The lowest BCUT2D eigenvalue weighted by molar-refractivity contribution is -0.142. The van der Waals surface area contributed by atoms with Gasteiger partial charge in [0.2, 0.25) is 29.5 Å². The Hall–Kier alpha value is -5.23. The molecule has 0 aliphatic carbocycles. The van der Waals surface area contributed by atoms with E-state index in [1.807, 2.05) is 0 Å². The molecule has 0 fully saturated rings. The van der Waals surface area contributed by atoms with Crippen LogP contribution in [0.5, 0.6) is 0 Å². The summed E-state index contributed by atoms with van der Waals surface area (Å²) in [4.78, 5) is 82.8. The zero-order valence-electron chi connectivity index (χ0n) is 26.2. The number of H-pyrrole nitrogens is 1. The van der Waals surface area contributed by atoms with Gasteiger partial charge < -0.3 is 59.4 Å². The highest BCUT2D eigenvalue weighted by atomic mass is 16.4. The molecule has 0 spiro atoms. The van der Waals surface area contributed by atoms with E-state index >= 15 is 0 Å². The highest BCUT2D eigenvalue weighted by Gasteiger charge is 2.32. The van der Waals surface area contributed by atoms with Gasteiger partial charge in [-0.05, 0) is 30.4 Å². The Kier molecular flexibility index (Phi) is 14.6. The van der Waals surface area contributed by atoms with Gasteiger partial charge in [0.05, 0.1) is 19.1 Å². The van der Waals surface area contributed by atoms with Crippen molar-refractivity contribution in [2.24, 2.45) is 33.8 Å². The first-order valence-corrected chi connectivity index (χ1v) is 14.8. The highest BCUT2D eigenvalue weighted by Crippen LogP contribution is 2.19. The number of nitrogens with two attached hydrogens (primary N) is 4. The zero-order chi connectivity index (χ0) is 35.3. The number of carboxylic acid groups (broad SMARTS) is 1. The molecule has 0 bridgehead atoms. The van der Waals surface area contributed by atoms with Crippen LogP contribution in [-0.4, -0.2) is 100 Å². The number of aromatic nitrogens is 1. The number of guanidine groups is 1. The molecule has 5 atom stereocenters. The topological polar surface area (TPSA) is 323 Å². The van der Waals surface area contributed by atoms with Crippen molar-refractivity contribution in [3.63, 3.8) is 0 Å². The number of hydrogen-bond donors (Lipinski definition) is 11. The van der Waals surface area contributed by atoms with E-state index in [1.54, 1.807) is 44.3 Å². The van der Waals surface area contributed by atoms with Gasteiger partial charge in [-0.3, -0.25) is 29.0 Å². The molecule has 1 aromatic heterocycles. The average molecular weight is 661 g/mol. The maximum absolute atomic E-state index is 13.3. The number of carboxylic acids is 1. The number of hydrogen-bond acceptors (Lipinski definition) is 9. The van der Waals surface area contributed by atoms with Gasteiger partial charge in [0, 0.05) is 30.1 Å². The number of aliphatic hydroxyl groups excluding tert-OH is 1. The van der Waals surface area contributed by atoms with Crippen molar-refractivity contribution in [2.75, 3.05) is 13.2 Å². The van der Waals surface area contributed by atoms with Gasteiger partial charge in [-0.15, -0.1) is 0 Å². The fraction of sp³-hybridized carbons (Fsp3) is 0.483. The second-order valence-corrected chi connectivity index (χ2v) is 11.2. The summed E-state index contributed by atoms with van der Waals surface area (Å²) in [7, 11) is 0. The third-order valence-electron chi connectivity index (χ3n) is 7.17. The molecule has 1 heterocycles. The monoisotopic (exact) mass is 660 g/mol. The number of aliphatic imine (C=N–C) groups is 1. The molecule has 258 valence electrons. The van der Waals surface area contributed by atoms with E-state index in [9.17, 15) is 39.0 Å². The Balaban J connectivity index is 2.17. The van der Waals surface area contributed by atoms with Gasteiger partial charge in [-0.25, -0.2) is 4.79 Å². The van der Waals surface area contributed by atoms with E-state index in [0.717, 1.165) is 10.9 Å². The molecule has 15 N–H and O–H groups in total. The molecule has 1 aromatic carbocycles. The van der Waals surface area contributed by atoms with E-state index in [4.69, 9.17) is 22.9 Å². The van der Waals surface area contributed by atoms with Gasteiger partial charge >= 0.3 is 5.97 Å². The predicted octanol–water partition coefficient (Wildman–Crippen LogP) is -3.36. The number of para-hydroxylation sites is 1. The number of benzene rings is 1. The smallest absolute Gasteiger partial charge is 0.326 e. The first kappa shape index (κ1) is 38.0. The van der Waals surface area contributed by atoms with Crippen LogP contribution in [0.1, 0.15) is 38.7 Å². The second kappa shape index (κ2) is 18.1. The number of carbonyl (C=O) groups is 6. The number of aliphatic carboxylic acids is 1. The van der Waals surface area contributed by atoms with E-state index in [2.05, 4.69) is 31.2 Å². The van der Waals surface area contributed by atoms with Gasteiger partial charge in [0.15, 0.2) is 5.96 Å². The minimum Gasteiger partial charge on any atom is -0.480 e. The van der Waals surface area contributed by atoms with Crippen LogP contribution in [0.2, 0.25) is 0 Å². The third kappa shape index (κ3) is 11.9. The summed E-state index contributed by atoms with van der Waals surface area (Å²) in [6, 6.07) is 0.224. The summed E-state index contributed by atoms with van der Waals surface area (Å²) >= 11 is 0. The minimum atomic E-state index is -1.67. The molecule has 18 heteroatoms. The number of amides is 5. The van der Waals surface area contributed by atoms with Crippen molar-refractivity contribution >= 4 is 52.4 Å². The van der Waals surface area contributed by atoms with E-state index in [1.165, 1.54) is 0 Å². The van der Waals surface area contributed by atoms with Crippen molar-refractivity contribution in [1.29, 1.82) is 0 Å². The fourth-order valence-corrected chi connectivity index (χ4v) is 4.49. The number of fused-ring (bicyclic) bond motifs is 1. The van der Waals surface area contributed by atoms with E-state index in [0.29, 0.717) is 5.56 Å². The summed E-state index contributed by atoms with van der Waals surface area (Å²) in [6.07, 6.45) is 1.03. The Bertz CT molecular complexity index is 1460. The number of carbonyl (C=O) groups excluding carboxylic acids is 5. The number of rotatable bonds is 19. The predicted molar refractivity (Wildman–Crippen MR) is 171 cm³/mol. The Morgan fingerprint density at radius 1 is 0.851 bits per heavy atom. The lowest BCUT2D eigenvalue weighted by atomic mass is 10.0. The molecule has 0 aliphatic heterocycles. The number of aliphatic hydroxyl groups is 1. The van der Waals surface area contributed by atoms with Crippen LogP contribution < -0.4 is 44.2 Å². The van der Waals surface area contributed by atoms with Crippen LogP contribution in [-0.2, 0) is 35.2 Å². The molecular formula is C29H44N10O8. The number of nitrogens with zero attached hydrogens (tertiary/aromatic N) is 1. The van der Waals surface area contributed by atoms with Crippen molar-refractivity contribution in [1.82, 2.24) is 26.3 Å². The van der Waals surface area contributed by atoms with E-state index < -0.39 is 78.7 Å². The van der Waals surface area contributed by atoms with Crippen LogP contribution in [0.4, 0.5) is 0 Å². The molecule has 0 radical (unpaired) electrons. The first-order chi connectivity index (χ1) is 22.1. The summed E-state index contributed by atoms with van der Waals surface area (Å²) in [6.45, 7) is 2.58. The van der Waals surface area contributed by atoms with Gasteiger partial charge in [0.1, 0.15) is 24.2 Å². The molecule has 0 saturated carbocycles. The highest BCUT2D eigenvalue weighted by molar-refractivity contribution is 5.97. The minimum absolute atomic E-state index is 0.0127. The summed E-state index contributed by atoms with van der Waals surface area (Å²) in [5.74, 6) is -6.44. The van der Waals surface area contributed by atoms with Crippen LogP contribution >= 0.6 is 0 Å². The fourth-order valence-electron chi connectivity index (χ4n) is 4.49. The largest absolute Gasteiger partial charge is 0.480 e. The first-order valence-electron chi connectivity index (χ1n) is 14.8. The lowest BCUT2D eigenvalue weighted by Gasteiger charge is -2.26. The Morgan fingerprint density at radius 2 is 1.43 bits per heavy atom. The van der Waals surface area contributed by atoms with Crippen molar-refractivity contribution in [3.8, 4) is 0 Å². The number of aromatic amines is 1. The lowest BCUT2D eigenvalue weighted by Crippen LogP contribution is -2.60. The van der Waals surface area contributed by atoms with E-state index in [-0.39, 0.29) is 37.7 Å². The quantitative estimate of drug-likeness (QED) is 0.0401. The van der Waals surface area contributed by atoms with Crippen molar-refractivity contribution in [2.45, 2.75) is 69.7 Å². The molecule has 47 heavy (non-hydrogen) atoms. The summed E-state index contributed by atoms with van der Waals surface area (Å²) in [5, 5.41) is 29.8. The molecule has 2 rings (SSSR count). The molecule has 2 aromatic rings. The summed E-state index contributed by atoms with van der Waals surface area (Å²) < 4.78 is 0. The van der Waals surface area contributed by atoms with Crippen molar-refractivity contribution in [3.05, 3.63) is 36.0 Å². The van der Waals surface area contributed by atoms with Crippen LogP contribution in [0.15, 0.2) is 35.5 Å². The SMILES string of the molecule is CC(C)[C@H](N)C(=O)N[C@@H](CCCN=C(N)N)C(=O)N[C@@H](CC(N)=O)C(=O)N[C@@H](CO)C(=O)N[C@@H](Cc1c[nH]c2ccccc12)C(=O)O. The number of primary amides is 1. The Labute approximate surface area is 270 Å². The van der Waals surface area contributed by atoms with Gasteiger partial charge in [-0.2, -0.15) is 0 Å². The summed E-state index contributed by atoms with van der Waals surface area (Å²) in [5.41, 5.74) is 23.2. The van der Waals surface area contributed by atoms with Crippen LogP contribution in [0.3, 0.4) is 0 Å². The van der Waals surface area contributed by atoms with Crippen LogP contribution in [0.25, 0.3) is 10.9 Å². The second-order valence-electron chi connectivity index (χ2n) is 11.2. The number of nitrogens with one attached hydrogen (secondary N) is 5. The molecule has 0 unspecified atom stereocenters. The Morgan fingerprint density at radius 3 is 2.02 bits per heavy atom. The third-order valence-corrected chi connectivity index (χ3v) is 7.17. The maximum Gasteiger partial charge on any atom is 0.326 e. The molecule has 18 nitrogen and oxygen atoms in total. The van der Waals surface area contributed by atoms with Crippen LogP contribution in [0, 0.1) is 5.92 Å². The van der Waals surface area contributed by atoms with Crippen molar-refractivity contribution < 1.29 is 39.0 Å². The van der Waals surface area contributed by atoms with Gasteiger partial charge in [0.25, 0.3) is 0 Å². The molecular weight excluding hydrogens is 616 g/mol. The standard InChI is InChI=1S/C29H44N10O8/c1-14(2)23(31)27(45)36-18(8-5-9-34-29(32)33)24(42)37-19(11-22(30)41)25(43)39-21(13-40)26(44)38-20(28(46)47)10-15-12-35-17-7-4-3-6-16(15)17/h3-4,6-7,12,14,18-21,23,35,40H,5,8-11,13,31H2,1-2H3,(H2,30,41)(H,36,45)(H,37,42)(H,38,44)(H,39,43)(H,46,47)(H4,32,33,34)/t18-,19-,20-,21-,23-/m0/s1. The zero-order valence-corrected chi connectivity index (χ0v) is 26.2. The molecule has 5 amide bonds. The molecule has 0 saturated heterocycles. The van der Waals surface area contributed by atoms with Gasteiger partial charge in [-0.1, -0.05) is 32.0 Å². The normalized spacial score (nSPS) is 14.2.